The number of carbonyl (C=O) groups is 1. The van der Waals surface area contributed by atoms with Gasteiger partial charge in [0.2, 0.25) is 0 Å². The fourth-order valence-electron chi connectivity index (χ4n) is 1.88. The summed E-state index contributed by atoms with van der Waals surface area (Å²) in [5.41, 5.74) is 7.16. The SMILES string of the molecule is NC(=S)CCN(Cc1ccncc1)C(=O)c1ccncc1. The van der Waals surface area contributed by atoms with Gasteiger partial charge in [-0.1, -0.05) is 12.2 Å². The first-order valence-corrected chi connectivity index (χ1v) is 6.94. The number of rotatable bonds is 6. The average molecular weight is 300 g/mol. The van der Waals surface area contributed by atoms with Gasteiger partial charge in [0, 0.05) is 49.9 Å². The van der Waals surface area contributed by atoms with E-state index in [1.807, 2.05) is 12.1 Å². The fourth-order valence-corrected chi connectivity index (χ4v) is 1.97. The van der Waals surface area contributed by atoms with Gasteiger partial charge in [-0.25, -0.2) is 0 Å². The van der Waals surface area contributed by atoms with E-state index in [-0.39, 0.29) is 5.91 Å². The highest BCUT2D eigenvalue weighted by atomic mass is 32.1. The van der Waals surface area contributed by atoms with Gasteiger partial charge >= 0.3 is 0 Å². The number of pyridine rings is 2. The smallest absolute Gasteiger partial charge is 0.254 e. The third-order valence-electron chi connectivity index (χ3n) is 2.97. The largest absolute Gasteiger partial charge is 0.393 e. The Morgan fingerprint density at radius 2 is 1.67 bits per heavy atom. The Labute approximate surface area is 128 Å². The summed E-state index contributed by atoms with van der Waals surface area (Å²) < 4.78 is 0. The maximum absolute atomic E-state index is 12.6. The van der Waals surface area contributed by atoms with E-state index in [0.29, 0.717) is 30.1 Å². The van der Waals surface area contributed by atoms with Gasteiger partial charge in [0.05, 0.1) is 4.99 Å². The summed E-state index contributed by atoms with van der Waals surface area (Å²) in [6, 6.07) is 7.16. The molecule has 2 N–H and O–H groups in total. The molecular formula is C15H16N4OS. The van der Waals surface area contributed by atoms with Gasteiger partial charge in [0.25, 0.3) is 5.91 Å². The summed E-state index contributed by atoms with van der Waals surface area (Å²) in [5.74, 6) is -0.0644. The van der Waals surface area contributed by atoms with E-state index in [0.717, 1.165) is 5.56 Å². The third kappa shape index (κ3) is 4.61. The van der Waals surface area contributed by atoms with Crippen molar-refractivity contribution in [3.63, 3.8) is 0 Å². The second kappa shape index (κ2) is 7.44. The Bertz CT molecular complexity index is 604. The number of nitrogens with zero attached hydrogens (tertiary/aromatic N) is 3. The first-order chi connectivity index (χ1) is 10.2. The van der Waals surface area contributed by atoms with Crippen LogP contribution in [0, 0.1) is 0 Å². The van der Waals surface area contributed by atoms with E-state index < -0.39 is 0 Å². The Balaban J connectivity index is 2.15. The van der Waals surface area contributed by atoms with Gasteiger partial charge in [0.1, 0.15) is 0 Å². The van der Waals surface area contributed by atoms with Crippen molar-refractivity contribution in [3.05, 3.63) is 60.2 Å². The zero-order valence-corrected chi connectivity index (χ0v) is 12.3. The molecule has 6 heteroatoms. The molecule has 5 nitrogen and oxygen atoms in total. The van der Waals surface area contributed by atoms with Crippen LogP contribution in [0.25, 0.3) is 0 Å². The van der Waals surface area contributed by atoms with Crippen molar-refractivity contribution in [1.29, 1.82) is 0 Å². The molecule has 0 spiro atoms. The van der Waals surface area contributed by atoms with Crippen LogP contribution in [0.5, 0.6) is 0 Å². The molecular weight excluding hydrogens is 284 g/mol. The molecule has 108 valence electrons. The van der Waals surface area contributed by atoms with Crippen LogP contribution < -0.4 is 5.73 Å². The number of nitrogens with two attached hydrogens (primary N) is 1. The van der Waals surface area contributed by atoms with Crippen LogP contribution in [-0.2, 0) is 6.54 Å². The molecule has 2 aromatic heterocycles. The van der Waals surface area contributed by atoms with Crippen molar-refractivity contribution in [3.8, 4) is 0 Å². The standard InChI is InChI=1S/C15H16N4OS/c16-14(21)5-10-19(11-12-1-6-17-7-2-12)15(20)13-3-8-18-9-4-13/h1-4,6-9H,5,10-11H2,(H2,16,21). The lowest BCUT2D eigenvalue weighted by Gasteiger charge is -2.22. The molecule has 21 heavy (non-hydrogen) atoms. The minimum Gasteiger partial charge on any atom is -0.393 e. The summed E-state index contributed by atoms with van der Waals surface area (Å²) in [4.78, 5) is 22.6. The molecule has 0 unspecified atom stereocenters. The number of hydrogen-bond donors (Lipinski definition) is 1. The second-order valence-electron chi connectivity index (χ2n) is 4.53. The maximum atomic E-state index is 12.6. The van der Waals surface area contributed by atoms with Gasteiger partial charge in [-0.15, -0.1) is 0 Å². The van der Waals surface area contributed by atoms with Gasteiger partial charge in [-0.2, -0.15) is 0 Å². The lowest BCUT2D eigenvalue weighted by Crippen LogP contribution is -2.33. The minimum atomic E-state index is -0.0644. The van der Waals surface area contributed by atoms with Crippen LogP contribution in [0.1, 0.15) is 22.3 Å². The summed E-state index contributed by atoms with van der Waals surface area (Å²) in [7, 11) is 0. The minimum absolute atomic E-state index is 0.0644. The van der Waals surface area contributed by atoms with E-state index in [1.54, 1.807) is 41.8 Å². The van der Waals surface area contributed by atoms with Crippen LogP contribution in [0.4, 0.5) is 0 Å². The first kappa shape index (κ1) is 15.1. The zero-order chi connectivity index (χ0) is 15.1. The van der Waals surface area contributed by atoms with Crippen LogP contribution in [0.3, 0.4) is 0 Å². The van der Waals surface area contributed by atoms with Crippen molar-refractivity contribution in [1.82, 2.24) is 14.9 Å². The molecule has 0 aliphatic carbocycles. The number of hydrogen-bond acceptors (Lipinski definition) is 4. The summed E-state index contributed by atoms with van der Waals surface area (Å²) in [6.07, 6.45) is 7.12. The van der Waals surface area contributed by atoms with Crippen LogP contribution >= 0.6 is 12.2 Å². The van der Waals surface area contributed by atoms with Crippen LogP contribution in [0.2, 0.25) is 0 Å². The van der Waals surface area contributed by atoms with Crippen molar-refractivity contribution < 1.29 is 4.79 Å². The number of carbonyl (C=O) groups excluding carboxylic acids is 1. The molecule has 0 bridgehead atoms. The lowest BCUT2D eigenvalue weighted by molar-refractivity contribution is 0.0748. The van der Waals surface area contributed by atoms with E-state index in [1.165, 1.54) is 0 Å². The van der Waals surface area contributed by atoms with Crippen LogP contribution in [-0.4, -0.2) is 32.3 Å². The zero-order valence-electron chi connectivity index (χ0n) is 11.5. The van der Waals surface area contributed by atoms with E-state index in [4.69, 9.17) is 18.0 Å². The van der Waals surface area contributed by atoms with Gasteiger partial charge < -0.3 is 10.6 Å². The average Bonchev–Trinajstić information content (AvgIpc) is 2.52. The summed E-state index contributed by atoms with van der Waals surface area (Å²) in [5, 5.41) is 0. The van der Waals surface area contributed by atoms with E-state index in [9.17, 15) is 4.79 Å². The predicted octanol–water partition coefficient (Wildman–Crippen LogP) is 1.80. The molecule has 0 fully saturated rings. The highest BCUT2D eigenvalue weighted by Gasteiger charge is 2.16. The highest BCUT2D eigenvalue weighted by Crippen LogP contribution is 2.10. The van der Waals surface area contributed by atoms with Crippen molar-refractivity contribution in [2.24, 2.45) is 5.73 Å². The van der Waals surface area contributed by atoms with Crippen molar-refractivity contribution >= 4 is 23.1 Å². The molecule has 0 aromatic carbocycles. The first-order valence-electron chi connectivity index (χ1n) is 6.53. The van der Waals surface area contributed by atoms with E-state index >= 15 is 0 Å². The normalized spacial score (nSPS) is 10.1. The van der Waals surface area contributed by atoms with Gasteiger partial charge in [-0.05, 0) is 29.8 Å². The fraction of sp³-hybridized carbons (Fsp3) is 0.200. The Morgan fingerprint density at radius 3 is 2.24 bits per heavy atom. The Hall–Kier alpha value is -2.34. The number of aromatic nitrogens is 2. The molecule has 0 aliphatic rings. The van der Waals surface area contributed by atoms with Crippen molar-refractivity contribution in [2.45, 2.75) is 13.0 Å². The topological polar surface area (TPSA) is 72.1 Å². The predicted molar refractivity (Wildman–Crippen MR) is 84.6 cm³/mol. The molecule has 0 saturated carbocycles. The molecule has 0 saturated heterocycles. The molecule has 2 heterocycles. The molecule has 1 amide bonds. The van der Waals surface area contributed by atoms with Crippen molar-refractivity contribution in [2.75, 3.05) is 6.54 Å². The molecule has 0 atom stereocenters. The number of amides is 1. The Morgan fingerprint density at radius 1 is 1.10 bits per heavy atom. The monoisotopic (exact) mass is 300 g/mol. The second-order valence-corrected chi connectivity index (χ2v) is 5.06. The molecule has 0 aliphatic heterocycles. The molecule has 2 aromatic rings. The molecule has 0 radical (unpaired) electrons. The third-order valence-corrected chi connectivity index (χ3v) is 3.17. The maximum Gasteiger partial charge on any atom is 0.254 e. The summed E-state index contributed by atoms with van der Waals surface area (Å²) >= 11 is 4.90. The molecule has 2 rings (SSSR count). The quantitative estimate of drug-likeness (QED) is 0.824. The lowest BCUT2D eigenvalue weighted by atomic mass is 10.2. The Kier molecular flexibility index (Phi) is 5.34. The van der Waals surface area contributed by atoms with Gasteiger partial charge in [0.15, 0.2) is 0 Å². The van der Waals surface area contributed by atoms with Gasteiger partial charge in [-0.3, -0.25) is 14.8 Å². The highest BCUT2D eigenvalue weighted by molar-refractivity contribution is 7.80. The number of thiocarbonyl (C=S) groups is 1. The van der Waals surface area contributed by atoms with Crippen LogP contribution in [0.15, 0.2) is 49.1 Å². The van der Waals surface area contributed by atoms with E-state index in [2.05, 4.69) is 9.97 Å². The summed E-state index contributed by atoms with van der Waals surface area (Å²) in [6.45, 7) is 0.977.